The Labute approximate surface area is 222 Å². The fraction of sp³-hybridized carbons (Fsp3) is 0.120. The SMILES string of the molecule is Cc1cccc(COc2c(I)cc(/C=C(/C#N)C(=O)Nc3cccc(C(F)(F)F)c3)cc2I)c1. The van der Waals surface area contributed by atoms with Gasteiger partial charge < -0.3 is 10.1 Å². The molecular formula is C25H17F3I2N2O2. The Morgan fingerprint density at radius 2 is 1.76 bits per heavy atom. The number of nitrogens with one attached hydrogen (secondary N) is 1. The highest BCUT2D eigenvalue weighted by molar-refractivity contribution is 14.1. The predicted molar refractivity (Wildman–Crippen MR) is 141 cm³/mol. The average Bonchev–Trinajstić information content (AvgIpc) is 2.76. The van der Waals surface area contributed by atoms with E-state index in [1.165, 1.54) is 18.2 Å². The molecule has 0 spiro atoms. The molecule has 0 aromatic heterocycles. The maximum Gasteiger partial charge on any atom is 0.416 e. The van der Waals surface area contributed by atoms with Gasteiger partial charge in [0.1, 0.15) is 24.0 Å². The van der Waals surface area contributed by atoms with Crippen molar-refractivity contribution >= 4 is 62.9 Å². The molecule has 1 amide bonds. The highest BCUT2D eigenvalue weighted by Gasteiger charge is 2.30. The second-order valence-corrected chi connectivity index (χ2v) is 9.62. The third-order valence-corrected chi connectivity index (χ3v) is 6.21. The summed E-state index contributed by atoms with van der Waals surface area (Å²) >= 11 is 4.24. The van der Waals surface area contributed by atoms with E-state index < -0.39 is 17.6 Å². The Hall–Kier alpha value is -2.59. The smallest absolute Gasteiger partial charge is 0.416 e. The van der Waals surface area contributed by atoms with Crippen LogP contribution in [0.25, 0.3) is 6.08 Å². The molecule has 0 aliphatic heterocycles. The average molecular weight is 688 g/mol. The second-order valence-electron chi connectivity index (χ2n) is 7.29. The summed E-state index contributed by atoms with van der Waals surface area (Å²) in [5, 5.41) is 11.8. The molecule has 34 heavy (non-hydrogen) atoms. The van der Waals surface area contributed by atoms with Gasteiger partial charge in [-0.05, 0) is 99.6 Å². The maximum absolute atomic E-state index is 12.9. The number of hydrogen-bond acceptors (Lipinski definition) is 3. The summed E-state index contributed by atoms with van der Waals surface area (Å²) in [4.78, 5) is 12.5. The predicted octanol–water partition coefficient (Wildman–Crippen LogP) is 7.35. The molecule has 3 aromatic rings. The summed E-state index contributed by atoms with van der Waals surface area (Å²) < 4.78 is 46.3. The van der Waals surface area contributed by atoms with E-state index in [0.717, 1.165) is 30.4 Å². The van der Waals surface area contributed by atoms with Gasteiger partial charge in [0.15, 0.2) is 0 Å². The molecule has 3 rings (SSSR count). The van der Waals surface area contributed by atoms with Crippen LogP contribution in [0.5, 0.6) is 5.75 Å². The van der Waals surface area contributed by atoms with E-state index in [1.54, 1.807) is 12.1 Å². The topological polar surface area (TPSA) is 62.1 Å². The first-order valence-electron chi connectivity index (χ1n) is 9.84. The van der Waals surface area contributed by atoms with Crippen LogP contribution < -0.4 is 10.1 Å². The zero-order valence-electron chi connectivity index (χ0n) is 17.7. The van der Waals surface area contributed by atoms with E-state index in [2.05, 4.69) is 50.5 Å². The van der Waals surface area contributed by atoms with Gasteiger partial charge in [-0.1, -0.05) is 35.9 Å². The zero-order valence-corrected chi connectivity index (χ0v) is 22.0. The number of carbonyl (C=O) groups is 1. The molecule has 0 aliphatic carbocycles. The van der Waals surface area contributed by atoms with Crippen molar-refractivity contribution in [3.63, 3.8) is 0 Å². The molecule has 0 unspecified atom stereocenters. The minimum absolute atomic E-state index is 0.0509. The third-order valence-electron chi connectivity index (χ3n) is 4.61. The lowest BCUT2D eigenvalue weighted by Gasteiger charge is -2.12. The summed E-state index contributed by atoms with van der Waals surface area (Å²) in [7, 11) is 0. The van der Waals surface area contributed by atoms with Crippen molar-refractivity contribution in [2.45, 2.75) is 19.7 Å². The quantitative estimate of drug-likeness (QED) is 0.168. The molecule has 0 saturated carbocycles. The van der Waals surface area contributed by atoms with Crippen molar-refractivity contribution in [1.82, 2.24) is 0 Å². The van der Waals surface area contributed by atoms with Gasteiger partial charge in [-0.25, -0.2) is 0 Å². The van der Waals surface area contributed by atoms with Crippen LogP contribution in [0, 0.1) is 25.4 Å². The van der Waals surface area contributed by atoms with Crippen molar-refractivity contribution in [3.05, 3.63) is 95.6 Å². The molecule has 0 atom stereocenters. The zero-order chi connectivity index (χ0) is 24.9. The minimum atomic E-state index is -4.54. The fourth-order valence-electron chi connectivity index (χ4n) is 3.05. The lowest BCUT2D eigenvalue weighted by molar-refractivity contribution is -0.137. The number of carbonyl (C=O) groups excluding carboxylic acids is 1. The largest absolute Gasteiger partial charge is 0.487 e. The van der Waals surface area contributed by atoms with Gasteiger partial charge in [0.25, 0.3) is 5.91 Å². The van der Waals surface area contributed by atoms with E-state index in [1.807, 2.05) is 37.3 Å². The fourth-order valence-corrected chi connectivity index (χ4v) is 5.17. The second kappa shape index (κ2) is 11.2. The van der Waals surface area contributed by atoms with Crippen LogP contribution >= 0.6 is 45.2 Å². The standard InChI is InChI=1S/C25H17F3I2N2O2/c1-15-4-2-5-16(8-15)14-34-23-21(29)10-17(11-22(23)30)9-18(13-31)24(33)32-20-7-3-6-19(12-20)25(26,27)28/h2-12H,14H2,1H3,(H,32,33)/b18-9-. The molecule has 0 saturated heterocycles. The number of halogens is 5. The van der Waals surface area contributed by atoms with Gasteiger partial charge in [0, 0.05) is 5.69 Å². The Balaban J connectivity index is 1.78. The number of anilines is 1. The highest BCUT2D eigenvalue weighted by Crippen LogP contribution is 2.32. The normalized spacial score (nSPS) is 11.6. The number of nitriles is 1. The van der Waals surface area contributed by atoms with Crippen molar-refractivity contribution < 1.29 is 22.7 Å². The Kier molecular flexibility index (Phi) is 8.59. The maximum atomic E-state index is 12.9. The van der Waals surface area contributed by atoms with Gasteiger partial charge in [-0.15, -0.1) is 0 Å². The van der Waals surface area contributed by atoms with Crippen molar-refractivity contribution in [1.29, 1.82) is 5.26 Å². The number of rotatable bonds is 6. The van der Waals surface area contributed by atoms with Gasteiger partial charge in [0.05, 0.1) is 12.7 Å². The van der Waals surface area contributed by atoms with Gasteiger partial charge in [-0.3, -0.25) is 4.79 Å². The molecule has 1 N–H and O–H groups in total. The number of nitrogens with zero attached hydrogens (tertiary/aromatic N) is 1. The molecule has 3 aromatic carbocycles. The number of aryl methyl sites for hydroxylation is 1. The molecule has 0 heterocycles. The number of hydrogen-bond donors (Lipinski definition) is 1. The Bertz CT molecular complexity index is 1270. The lowest BCUT2D eigenvalue weighted by Crippen LogP contribution is -2.14. The summed E-state index contributed by atoms with van der Waals surface area (Å²) in [5.74, 6) is -0.113. The molecule has 9 heteroatoms. The molecule has 0 bridgehead atoms. The summed E-state index contributed by atoms with van der Waals surface area (Å²) in [5.41, 5.74) is 1.58. The van der Waals surface area contributed by atoms with Crippen molar-refractivity contribution in [3.8, 4) is 11.8 Å². The van der Waals surface area contributed by atoms with Gasteiger partial charge >= 0.3 is 6.18 Å². The first kappa shape index (κ1) is 26.0. The van der Waals surface area contributed by atoms with Crippen LogP contribution in [0.3, 0.4) is 0 Å². The lowest BCUT2D eigenvalue weighted by atomic mass is 10.1. The highest BCUT2D eigenvalue weighted by atomic mass is 127. The van der Waals surface area contributed by atoms with Crippen LogP contribution in [-0.4, -0.2) is 5.91 Å². The first-order valence-corrected chi connectivity index (χ1v) is 12.0. The van der Waals surface area contributed by atoms with Crippen LogP contribution in [0.1, 0.15) is 22.3 Å². The van der Waals surface area contributed by atoms with Gasteiger partial charge in [0.2, 0.25) is 0 Å². The molecule has 0 radical (unpaired) electrons. The van der Waals surface area contributed by atoms with E-state index >= 15 is 0 Å². The van der Waals surface area contributed by atoms with Crippen LogP contribution in [0.2, 0.25) is 0 Å². The number of benzene rings is 3. The van der Waals surface area contributed by atoms with E-state index in [4.69, 9.17) is 4.74 Å². The summed E-state index contributed by atoms with van der Waals surface area (Å²) in [6.07, 6.45) is -3.15. The summed E-state index contributed by atoms with van der Waals surface area (Å²) in [6, 6.07) is 17.6. The minimum Gasteiger partial charge on any atom is -0.487 e. The Morgan fingerprint density at radius 3 is 2.38 bits per heavy atom. The van der Waals surface area contributed by atoms with Gasteiger partial charge in [-0.2, -0.15) is 18.4 Å². The van der Waals surface area contributed by atoms with Crippen molar-refractivity contribution in [2.75, 3.05) is 5.32 Å². The number of amides is 1. The molecule has 4 nitrogen and oxygen atoms in total. The first-order chi connectivity index (χ1) is 16.1. The van der Waals surface area contributed by atoms with E-state index in [0.29, 0.717) is 17.9 Å². The Morgan fingerprint density at radius 1 is 1.09 bits per heavy atom. The van der Waals surface area contributed by atoms with Crippen LogP contribution in [0.4, 0.5) is 18.9 Å². The molecule has 174 valence electrons. The van der Waals surface area contributed by atoms with Crippen LogP contribution in [-0.2, 0) is 17.6 Å². The summed E-state index contributed by atoms with van der Waals surface area (Å²) in [6.45, 7) is 2.40. The van der Waals surface area contributed by atoms with Crippen molar-refractivity contribution in [2.24, 2.45) is 0 Å². The van der Waals surface area contributed by atoms with E-state index in [-0.39, 0.29) is 11.3 Å². The number of ether oxygens (including phenoxy) is 1. The van der Waals surface area contributed by atoms with E-state index in [9.17, 15) is 23.2 Å². The number of alkyl halides is 3. The molecular weight excluding hydrogens is 671 g/mol. The molecule has 0 fully saturated rings. The molecule has 0 aliphatic rings. The van der Waals surface area contributed by atoms with Crippen LogP contribution in [0.15, 0.2) is 66.2 Å². The third kappa shape index (κ3) is 6.96. The monoisotopic (exact) mass is 688 g/mol.